The van der Waals surface area contributed by atoms with Gasteiger partial charge in [-0.2, -0.15) is 0 Å². The summed E-state index contributed by atoms with van der Waals surface area (Å²) in [4.78, 5) is 35.3. The largest absolute Gasteiger partial charge is 0.484 e. The van der Waals surface area contributed by atoms with Gasteiger partial charge in [-0.25, -0.2) is 8.78 Å². The number of nitrogen functional groups attached to an aromatic ring is 1. The first kappa shape index (κ1) is 29.6. The van der Waals surface area contributed by atoms with Crippen LogP contribution in [0.15, 0.2) is 54.0 Å². The quantitative estimate of drug-likeness (QED) is 0.223. The monoisotopic (exact) mass is 619 g/mol. The molecular formula is C33H32ClF2N5O3. The van der Waals surface area contributed by atoms with Gasteiger partial charge in [0.1, 0.15) is 12.4 Å². The third kappa shape index (κ3) is 4.51. The van der Waals surface area contributed by atoms with Crippen LogP contribution in [0.2, 0.25) is 5.02 Å². The number of carbonyl (C=O) groups excluding carboxylic acids is 1. The van der Waals surface area contributed by atoms with Crippen molar-refractivity contribution in [3.8, 4) is 22.6 Å². The molecule has 1 saturated heterocycles. The van der Waals surface area contributed by atoms with Crippen LogP contribution in [0.1, 0.15) is 37.9 Å². The summed E-state index contributed by atoms with van der Waals surface area (Å²) in [5.41, 5.74) is 7.11. The summed E-state index contributed by atoms with van der Waals surface area (Å²) in [7, 11) is 0. The number of piperazine rings is 1. The van der Waals surface area contributed by atoms with Crippen LogP contribution in [0.5, 0.6) is 5.75 Å². The van der Waals surface area contributed by atoms with Crippen LogP contribution in [0.4, 0.5) is 20.2 Å². The minimum atomic E-state index is -0.971. The van der Waals surface area contributed by atoms with Gasteiger partial charge in [0.2, 0.25) is 11.7 Å². The van der Waals surface area contributed by atoms with Gasteiger partial charge in [0.25, 0.3) is 5.56 Å². The summed E-state index contributed by atoms with van der Waals surface area (Å²) in [6.45, 7) is 11.9. The van der Waals surface area contributed by atoms with Gasteiger partial charge in [0.15, 0.2) is 5.82 Å². The highest BCUT2D eigenvalue weighted by molar-refractivity contribution is 6.33. The van der Waals surface area contributed by atoms with Crippen molar-refractivity contribution in [2.24, 2.45) is 0 Å². The molecule has 0 aliphatic carbocycles. The number of nitrogens with zero attached hydrogens (tertiary/aromatic N) is 4. The Hall–Kier alpha value is -4.44. The fraction of sp³-hybridized carbons (Fsp3) is 0.303. The third-order valence-corrected chi connectivity index (χ3v) is 8.80. The smallest absolute Gasteiger partial charge is 0.300 e. The van der Waals surface area contributed by atoms with Crippen molar-refractivity contribution < 1.29 is 18.3 Å². The van der Waals surface area contributed by atoms with Gasteiger partial charge in [-0.05, 0) is 61.7 Å². The Labute approximate surface area is 258 Å². The molecular weight excluding hydrogens is 588 g/mol. The molecule has 2 aliphatic heterocycles. The Morgan fingerprint density at radius 2 is 1.95 bits per heavy atom. The molecule has 4 aromatic rings. The average Bonchev–Trinajstić information content (AvgIpc) is 2.98. The number of ether oxygens (including phenoxy) is 1. The Morgan fingerprint density at radius 1 is 1.20 bits per heavy atom. The van der Waals surface area contributed by atoms with E-state index in [-0.39, 0.29) is 75.7 Å². The first-order valence-electron chi connectivity index (χ1n) is 14.4. The van der Waals surface area contributed by atoms with Gasteiger partial charge >= 0.3 is 0 Å². The summed E-state index contributed by atoms with van der Waals surface area (Å²) < 4.78 is 40.8. The summed E-state index contributed by atoms with van der Waals surface area (Å²) in [6, 6.07) is 6.75. The van der Waals surface area contributed by atoms with Crippen molar-refractivity contribution in [1.82, 2.24) is 14.5 Å². The topological polar surface area (TPSA) is 93.7 Å². The zero-order chi connectivity index (χ0) is 31.6. The number of anilines is 2. The van der Waals surface area contributed by atoms with E-state index in [0.29, 0.717) is 23.5 Å². The lowest BCUT2D eigenvalue weighted by Crippen LogP contribution is -2.62. The molecule has 0 spiro atoms. The molecule has 2 N–H and O–H groups in total. The number of carbonyl (C=O) groups is 1. The van der Waals surface area contributed by atoms with Gasteiger partial charge < -0.3 is 20.3 Å². The Balaban J connectivity index is 1.74. The van der Waals surface area contributed by atoms with Gasteiger partial charge in [-0.1, -0.05) is 32.0 Å². The summed E-state index contributed by atoms with van der Waals surface area (Å²) in [6.07, 6.45) is 2.90. The van der Waals surface area contributed by atoms with Crippen molar-refractivity contribution in [2.75, 3.05) is 30.3 Å². The number of hydrogen-bond donors (Lipinski definition) is 1. The summed E-state index contributed by atoms with van der Waals surface area (Å²) >= 11 is 6.44. The second-order valence-electron chi connectivity index (χ2n) is 11.7. The molecule has 6 rings (SSSR count). The van der Waals surface area contributed by atoms with Crippen LogP contribution in [-0.2, 0) is 4.79 Å². The number of pyridine rings is 2. The zero-order valence-corrected chi connectivity index (χ0v) is 25.6. The first-order chi connectivity index (χ1) is 20.9. The van der Waals surface area contributed by atoms with Crippen molar-refractivity contribution >= 4 is 39.8 Å². The number of rotatable bonds is 4. The van der Waals surface area contributed by atoms with E-state index in [4.69, 9.17) is 22.1 Å². The maximum atomic E-state index is 17.2. The van der Waals surface area contributed by atoms with Crippen molar-refractivity contribution in [3.05, 3.63) is 87.5 Å². The molecule has 2 atom stereocenters. The molecule has 1 amide bonds. The molecule has 0 radical (unpaired) electrons. The molecule has 4 heterocycles. The maximum Gasteiger partial charge on any atom is 0.300 e. The van der Waals surface area contributed by atoms with Gasteiger partial charge in [-0.15, -0.1) is 0 Å². The van der Waals surface area contributed by atoms with Crippen LogP contribution in [0, 0.1) is 18.6 Å². The molecule has 2 unspecified atom stereocenters. The fourth-order valence-corrected chi connectivity index (χ4v) is 6.60. The fourth-order valence-electron chi connectivity index (χ4n) is 6.39. The number of fused-ring (bicyclic) bond motifs is 5. The standard InChI is InChI=1S/C33H32ClF2N5O3/c1-6-25(42)39-14-20-15-44-32-31(40(20)13-18(39)5)22-12-24(35)26(21-11-19(37)7-8-23(21)34)27(36)30(22)41(33(32)43)29-17(4)9-10-38-28(29)16(2)3/h6-12,16,18,20H,1,13-15,37H2,2-5H3. The SMILES string of the molecule is C=CC(=O)N1CC2COc3c(c4cc(F)c(-c5cc(N)ccc5Cl)c(F)c4n(-c4c(C)ccnc4C(C)C)c3=O)N2CC1C. The zero-order valence-electron chi connectivity index (χ0n) is 24.8. The third-order valence-electron chi connectivity index (χ3n) is 8.47. The predicted molar refractivity (Wildman–Crippen MR) is 169 cm³/mol. The molecule has 2 aromatic carbocycles. The minimum Gasteiger partial charge on any atom is -0.484 e. The lowest BCUT2D eigenvalue weighted by molar-refractivity contribution is -0.129. The summed E-state index contributed by atoms with van der Waals surface area (Å²) in [5, 5.41) is 0.251. The van der Waals surface area contributed by atoms with Gasteiger partial charge in [-0.3, -0.25) is 19.1 Å². The van der Waals surface area contributed by atoms with Crippen molar-refractivity contribution in [3.63, 3.8) is 0 Å². The lowest BCUT2D eigenvalue weighted by atomic mass is 9.97. The molecule has 228 valence electrons. The molecule has 8 nitrogen and oxygen atoms in total. The second-order valence-corrected chi connectivity index (χ2v) is 12.1. The van der Waals surface area contributed by atoms with Crippen LogP contribution in [-0.4, -0.2) is 52.1 Å². The highest BCUT2D eigenvalue weighted by Crippen LogP contribution is 2.45. The number of nitrogens with two attached hydrogens (primary N) is 1. The van der Waals surface area contributed by atoms with Gasteiger partial charge in [0, 0.05) is 47.0 Å². The molecule has 0 bridgehead atoms. The highest BCUT2D eigenvalue weighted by atomic mass is 35.5. The predicted octanol–water partition coefficient (Wildman–Crippen LogP) is 5.98. The number of benzene rings is 2. The van der Waals surface area contributed by atoms with E-state index in [0.717, 1.165) is 0 Å². The van der Waals surface area contributed by atoms with E-state index < -0.39 is 22.8 Å². The lowest BCUT2D eigenvalue weighted by Gasteiger charge is -2.48. The maximum absolute atomic E-state index is 17.2. The minimum absolute atomic E-state index is 0.0176. The van der Waals surface area contributed by atoms with Crippen LogP contribution in [0.3, 0.4) is 0 Å². The van der Waals surface area contributed by atoms with Crippen molar-refractivity contribution in [1.29, 1.82) is 0 Å². The summed E-state index contributed by atoms with van der Waals surface area (Å²) in [5.74, 6) is -2.22. The van der Waals surface area contributed by atoms with E-state index in [1.165, 1.54) is 34.9 Å². The number of aromatic nitrogens is 2. The van der Waals surface area contributed by atoms with E-state index in [1.54, 1.807) is 17.2 Å². The Bertz CT molecular complexity index is 1920. The number of halogens is 3. The molecule has 1 fully saturated rings. The van der Waals surface area contributed by atoms with E-state index in [1.807, 2.05) is 32.6 Å². The Kier molecular flexibility index (Phi) is 7.36. The molecule has 2 aromatic heterocycles. The molecule has 44 heavy (non-hydrogen) atoms. The first-order valence-corrected chi connectivity index (χ1v) is 14.8. The van der Waals surface area contributed by atoms with Gasteiger partial charge in [0.05, 0.1) is 34.2 Å². The average molecular weight is 620 g/mol. The van der Waals surface area contributed by atoms with E-state index in [9.17, 15) is 9.59 Å². The number of aryl methyl sites for hydroxylation is 1. The van der Waals surface area contributed by atoms with Crippen molar-refractivity contribution in [2.45, 2.75) is 45.7 Å². The number of hydrogen-bond acceptors (Lipinski definition) is 6. The van der Waals surface area contributed by atoms with Crippen LogP contribution >= 0.6 is 11.6 Å². The van der Waals surface area contributed by atoms with Crippen LogP contribution in [0.25, 0.3) is 27.7 Å². The normalized spacial score (nSPS) is 17.8. The van der Waals surface area contributed by atoms with Crippen LogP contribution < -0.4 is 20.9 Å². The van der Waals surface area contributed by atoms with E-state index >= 15 is 8.78 Å². The second kappa shape index (κ2) is 10.9. The highest BCUT2D eigenvalue weighted by Gasteiger charge is 2.41. The molecule has 2 aliphatic rings. The van der Waals surface area contributed by atoms with E-state index in [2.05, 4.69) is 11.6 Å². The molecule has 11 heteroatoms. The molecule has 0 saturated carbocycles. The Morgan fingerprint density at radius 3 is 2.66 bits per heavy atom. The number of amides is 1.